The third-order valence-electron chi connectivity index (χ3n) is 2.88. The summed E-state index contributed by atoms with van der Waals surface area (Å²) in [4.78, 5) is 10.1. The Balaban J connectivity index is 2.36. The number of hydrogen-bond acceptors (Lipinski definition) is 5. The molecule has 0 fully saturated rings. The average Bonchev–Trinajstić information content (AvgIpc) is 2.88. The van der Waals surface area contributed by atoms with Crippen molar-refractivity contribution in [3.05, 3.63) is 46.0 Å². The summed E-state index contributed by atoms with van der Waals surface area (Å²) >= 11 is 0. The third kappa shape index (κ3) is 2.80. The first-order valence-corrected chi connectivity index (χ1v) is 6.15. The van der Waals surface area contributed by atoms with Crippen molar-refractivity contribution in [2.45, 2.75) is 25.8 Å². The van der Waals surface area contributed by atoms with E-state index in [-0.39, 0.29) is 17.4 Å². The van der Waals surface area contributed by atoms with Crippen LogP contribution in [-0.4, -0.2) is 19.9 Å². The van der Waals surface area contributed by atoms with Gasteiger partial charge in [0.1, 0.15) is 11.5 Å². The van der Waals surface area contributed by atoms with Gasteiger partial charge < -0.3 is 5.73 Å². The Morgan fingerprint density at radius 3 is 2.95 bits per heavy atom. The van der Waals surface area contributed by atoms with Crippen molar-refractivity contribution in [2.75, 3.05) is 0 Å². The summed E-state index contributed by atoms with van der Waals surface area (Å²) < 4.78 is 14.9. The normalized spacial score (nSPS) is 12.3. The van der Waals surface area contributed by atoms with Crippen molar-refractivity contribution < 1.29 is 9.31 Å². The van der Waals surface area contributed by atoms with E-state index in [0.717, 1.165) is 35.7 Å². The molecule has 0 radical (unpaired) electrons. The SMILES string of the molecule is CCCC(N)c1cn(-c2cc([N+](=O)[O-])ccc2F)nn1. The quantitative estimate of drug-likeness (QED) is 0.667. The van der Waals surface area contributed by atoms with Crippen LogP contribution in [0.2, 0.25) is 0 Å². The van der Waals surface area contributed by atoms with Crippen LogP contribution in [-0.2, 0) is 0 Å². The fourth-order valence-corrected chi connectivity index (χ4v) is 1.81. The molecule has 0 spiro atoms. The van der Waals surface area contributed by atoms with Crippen molar-refractivity contribution in [1.82, 2.24) is 15.0 Å². The first kappa shape index (κ1) is 14.1. The molecule has 2 rings (SSSR count). The van der Waals surface area contributed by atoms with Crippen LogP contribution in [0.5, 0.6) is 0 Å². The molecule has 2 N–H and O–H groups in total. The van der Waals surface area contributed by atoms with E-state index in [4.69, 9.17) is 5.73 Å². The van der Waals surface area contributed by atoms with Crippen LogP contribution in [0.4, 0.5) is 10.1 Å². The maximum absolute atomic E-state index is 13.7. The zero-order valence-electron chi connectivity index (χ0n) is 10.9. The van der Waals surface area contributed by atoms with Crippen LogP contribution in [0.3, 0.4) is 0 Å². The van der Waals surface area contributed by atoms with Crippen LogP contribution in [0.25, 0.3) is 5.69 Å². The van der Waals surface area contributed by atoms with E-state index in [1.54, 1.807) is 0 Å². The number of nitrogens with two attached hydrogens (primary N) is 1. The molecule has 0 amide bonds. The maximum Gasteiger partial charge on any atom is 0.271 e. The molecule has 2 aromatic rings. The highest BCUT2D eigenvalue weighted by Gasteiger charge is 2.15. The predicted molar refractivity (Wildman–Crippen MR) is 69.8 cm³/mol. The first-order chi connectivity index (χ1) is 9.52. The maximum atomic E-state index is 13.7. The van der Waals surface area contributed by atoms with Gasteiger partial charge in [0.05, 0.1) is 22.9 Å². The van der Waals surface area contributed by atoms with Crippen LogP contribution in [0.15, 0.2) is 24.4 Å². The molecule has 106 valence electrons. The second-order valence-corrected chi connectivity index (χ2v) is 4.38. The lowest BCUT2D eigenvalue weighted by Gasteiger charge is -2.05. The summed E-state index contributed by atoms with van der Waals surface area (Å²) in [5, 5.41) is 18.4. The first-order valence-electron chi connectivity index (χ1n) is 6.15. The number of nitrogens with zero attached hydrogens (tertiary/aromatic N) is 4. The average molecular weight is 279 g/mol. The van der Waals surface area contributed by atoms with Crippen molar-refractivity contribution >= 4 is 5.69 Å². The van der Waals surface area contributed by atoms with E-state index in [2.05, 4.69) is 10.3 Å². The number of rotatable bonds is 5. The molecule has 1 atom stereocenters. The fourth-order valence-electron chi connectivity index (χ4n) is 1.81. The van der Waals surface area contributed by atoms with Gasteiger partial charge in [-0.25, -0.2) is 9.07 Å². The number of aromatic nitrogens is 3. The van der Waals surface area contributed by atoms with Gasteiger partial charge in [-0.2, -0.15) is 0 Å². The molecule has 0 saturated heterocycles. The minimum absolute atomic E-state index is 0.0263. The van der Waals surface area contributed by atoms with Gasteiger partial charge >= 0.3 is 0 Å². The van der Waals surface area contributed by atoms with E-state index >= 15 is 0 Å². The van der Waals surface area contributed by atoms with Gasteiger partial charge in [-0.05, 0) is 12.5 Å². The molecule has 0 bridgehead atoms. The third-order valence-corrected chi connectivity index (χ3v) is 2.88. The Morgan fingerprint density at radius 1 is 1.55 bits per heavy atom. The zero-order valence-corrected chi connectivity index (χ0v) is 10.9. The summed E-state index contributed by atoms with van der Waals surface area (Å²) in [6.07, 6.45) is 3.11. The highest BCUT2D eigenvalue weighted by atomic mass is 19.1. The van der Waals surface area contributed by atoms with Crippen molar-refractivity contribution in [2.24, 2.45) is 5.73 Å². The largest absolute Gasteiger partial charge is 0.323 e. The number of non-ortho nitro benzene ring substituents is 1. The van der Waals surface area contributed by atoms with E-state index in [1.165, 1.54) is 6.20 Å². The lowest BCUT2D eigenvalue weighted by Crippen LogP contribution is -2.10. The number of hydrogen-bond donors (Lipinski definition) is 1. The monoisotopic (exact) mass is 279 g/mol. The second-order valence-electron chi connectivity index (χ2n) is 4.38. The molecule has 1 unspecified atom stereocenters. The van der Waals surface area contributed by atoms with Crippen LogP contribution >= 0.6 is 0 Å². The smallest absolute Gasteiger partial charge is 0.271 e. The van der Waals surface area contributed by atoms with Gasteiger partial charge in [0.25, 0.3) is 5.69 Å². The predicted octanol–water partition coefficient (Wildman–Crippen LogP) is 2.11. The molecule has 1 heterocycles. The molecule has 1 aromatic carbocycles. The summed E-state index contributed by atoms with van der Waals surface area (Å²) in [5.74, 6) is -0.615. The molecular weight excluding hydrogens is 265 g/mol. The van der Waals surface area contributed by atoms with Gasteiger partial charge in [-0.1, -0.05) is 18.6 Å². The Labute approximate surface area is 114 Å². The highest BCUT2D eigenvalue weighted by Crippen LogP contribution is 2.21. The number of nitro groups is 1. The molecule has 7 nitrogen and oxygen atoms in total. The van der Waals surface area contributed by atoms with Gasteiger partial charge in [0.2, 0.25) is 0 Å². The van der Waals surface area contributed by atoms with Gasteiger partial charge in [-0.3, -0.25) is 10.1 Å². The number of halogens is 1. The van der Waals surface area contributed by atoms with Gasteiger partial charge in [0, 0.05) is 12.1 Å². The van der Waals surface area contributed by atoms with Crippen molar-refractivity contribution in [1.29, 1.82) is 0 Å². The topological polar surface area (TPSA) is 99.9 Å². The molecule has 0 aliphatic carbocycles. The Bertz CT molecular complexity index is 628. The Hall–Kier alpha value is -2.35. The minimum Gasteiger partial charge on any atom is -0.323 e. The molecule has 1 aromatic heterocycles. The fraction of sp³-hybridized carbons (Fsp3) is 0.333. The standard InChI is InChI=1S/C12H14FN5O2/c1-2-3-10(14)11-7-17(16-15-11)12-6-8(18(19)20)4-5-9(12)13/h4-7,10H,2-3,14H2,1H3. The summed E-state index contributed by atoms with van der Waals surface area (Å²) in [7, 11) is 0. The highest BCUT2D eigenvalue weighted by molar-refractivity contribution is 5.43. The Kier molecular flexibility index (Phi) is 4.04. The van der Waals surface area contributed by atoms with E-state index in [9.17, 15) is 14.5 Å². The Morgan fingerprint density at radius 2 is 2.30 bits per heavy atom. The summed E-state index contributed by atoms with van der Waals surface area (Å²) in [6.45, 7) is 1.99. The van der Waals surface area contributed by atoms with Crippen molar-refractivity contribution in [3.8, 4) is 5.69 Å². The molecule has 0 aliphatic rings. The second kappa shape index (κ2) is 5.74. The lowest BCUT2D eigenvalue weighted by atomic mass is 10.1. The molecule has 0 aliphatic heterocycles. The van der Waals surface area contributed by atoms with Crippen molar-refractivity contribution in [3.63, 3.8) is 0 Å². The van der Waals surface area contributed by atoms with Crippen LogP contribution in [0.1, 0.15) is 31.5 Å². The van der Waals surface area contributed by atoms with Gasteiger partial charge in [0.15, 0.2) is 0 Å². The minimum atomic E-state index is -0.615. The van der Waals surface area contributed by atoms with E-state index in [0.29, 0.717) is 5.69 Å². The van der Waals surface area contributed by atoms with E-state index in [1.807, 2.05) is 6.92 Å². The lowest BCUT2D eigenvalue weighted by molar-refractivity contribution is -0.384. The molecule has 0 saturated carbocycles. The number of nitro benzene ring substituents is 1. The van der Waals surface area contributed by atoms with E-state index < -0.39 is 10.7 Å². The van der Waals surface area contributed by atoms with Gasteiger partial charge in [-0.15, -0.1) is 5.10 Å². The van der Waals surface area contributed by atoms with Crippen LogP contribution in [0, 0.1) is 15.9 Å². The number of benzene rings is 1. The molecular formula is C12H14FN5O2. The summed E-state index contributed by atoms with van der Waals surface area (Å²) in [5.41, 5.74) is 6.18. The molecule has 8 heteroatoms. The van der Waals surface area contributed by atoms with Crippen LogP contribution < -0.4 is 5.73 Å². The summed E-state index contributed by atoms with van der Waals surface area (Å²) in [6, 6.07) is 2.95. The zero-order chi connectivity index (χ0) is 14.7. The molecule has 20 heavy (non-hydrogen) atoms.